The third-order valence-electron chi connectivity index (χ3n) is 3.08. The molecule has 0 radical (unpaired) electrons. The van der Waals surface area contributed by atoms with E-state index in [0.29, 0.717) is 12.2 Å². The fraction of sp³-hybridized carbons (Fsp3) is 0.333. The summed E-state index contributed by atoms with van der Waals surface area (Å²) >= 11 is 0. The lowest BCUT2D eigenvalue weighted by Gasteiger charge is -2.19. The molecule has 0 saturated heterocycles. The van der Waals surface area contributed by atoms with Crippen LogP contribution in [0.4, 0.5) is 0 Å². The number of rotatable bonds is 2. The van der Waals surface area contributed by atoms with Gasteiger partial charge >= 0.3 is 5.97 Å². The lowest BCUT2D eigenvalue weighted by atomic mass is 10.1. The highest BCUT2D eigenvalue weighted by molar-refractivity contribution is 5.72. The molecular weight excluding hydrogens is 232 g/mol. The molecule has 0 aromatic carbocycles. The molecule has 3 rings (SSSR count). The van der Waals surface area contributed by atoms with E-state index >= 15 is 0 Å². The fourth-order valence-corrected chi connectivity index (χ4v) is 2.20. The summed E-state index contributed by atoms with van der Waals surface area (Å²) in [5, 5.41) is 13.5. The van der Waals surface area contributed by atoms with E-state index in [4.69, 9.17) is 5.11 Å². The van der Waals surface area contributed by atoms with Crippen molar-refractivity contribution < 1.29 is 9.90 Å². The predicted molar refractivity (Wildman–Crippen MR) is 62.9 cm³/mol. The minimum Gasteiger partial charge on any atom is -0.480 e. The van der Waals surface area contributed by atoms with Gasteiger partial charge in [0.05, 0.1) is 0 Å². The molecule has 1 aliphatic rings. The molecule has 2 aromatic heterocycles. The van der Waals surface area contributed by atoms with E-state index in [1.54, 1.807) is 12.4 Å². The van der Waals surface area contributed by atoms with Crippen LogP contribution in [0.15, 0.2) is 24.5 Å². The molecule has 0 saturated carbocycles. The van der Waals surface area contributed by atoms with Gasteiger partial charge < -0.3 is 5.11 Å². The highest BCUT2D eigenvalue weighted by Gasteiger charge is 2.28. The number of nitrogens with zero attached hydrogens (tertiary/aromatic N) is 4. The van der Waals surface area contributed by atoms with Gasteiger partial charge in [0.25, 0.3) is 0 Å². The molecule has 6 heteroatoms. The first-order valence-corrected chi connectivity index (χ1v) is 5.84. The molecule has 1 atom stereocenters. The van der Waals surface area contributed by atoms with Crippen LogP contribution >= 0.6 is 0 Å². The summed E-state index contributed by atoms with van der Waals surface area (Å²) in [5.41, 5.74) is 0.809. The highest BCUT2D eigenvalue weighted by atomic mass is 16.4. The van der Waals surface area contributed by atoms with Crippen LogP contribution in [0.1, 0.15) is 24.7 Å². The number of pyridine rings is 1. The number of carboxylic acid groups (broad SMARTS) is 1. The van der Waals surface area contributed by atoms with Crippen molar-refractivity contribution >= 4 is 5.97 Å². The Hall–Kier alpha value is -2.24. The number of carboxylic acids is 1. The Labute approximate surface area is 103 Å². The normalized spacial score (nSPS) is 18.3. The van der Waals surface area contributed by atoms with Crippen LogP contribution in [-0.4, -0.2) is 30.8 Å². The Morgan fingerprint density at radius 1 is 1.50 bits per heavy atom. The van der Waals surface area contributed by atoms with Crippen LogP contribution < -0.4 is 0 Å². The van der Waals surface area contributed by atoms with E-state index in [1.165, 1.54) is 4.68 Å². The molecule has 3 heterocycles. The molecule has 2 aromatic rings. The topological polar surface area (TPSA) is 80.9 Å². The van der Waals surface area contributed by atoms with Crippen molar-refractivity contribution in [2.45, 2.75) is 25.3 Å². The van der Waals surface area contributed by atoms with Gasteiger partial charge in [-0.15, -0.1) is 5.10 Å². The maximum Gasteiger partial charge on any atom is 0.328 e. The summed E-state index contributed by atoms with van der Waals surface area (Å²) in [6.45, 7) is 0. The Morgan fingerprint density at radius 2 is 2.39 bits per heavy atom. The van der Waals surface area contributed by atoms with Gasteiger partial charge in [0, 0.05) is 24.4 Å². The molecular formula is C12H12N4O2. The lowest BCUT2D eigenvalue weighted by Crippen LogP contribution is -2.25. The van der Waals surface area contributed by atoms with Crippen molar-refractivity contribution in [2.24, 2.45) is 0 Å². The minimum absolute atomic E-state index is 0.547. The van der Waals surface area contributed by atoms with Gasteiger partial charge in [0.2, 0.25) is 0 Å². The van der Waals surface area contributed by atoms with Gasteiger partial charge in [0.1, 0.15) is 5.82 Å². The monoisotopic (exact) mass is 244 g/mol. The van der Waals surface area contributed by atoms with E-state index in [2.05, 4.69) is 15.1 Å². The zero-order chi connectivity index (χ0) is 12.5. The maximum absolute atomic E-state index is 11.2. The van der Waals surface area contributed by atoms with Crippen molar-refractivity contribution in [1.29, 1.82) is 0 Å². The summed E-state index contributed by atoms with van der Waals surface area (Å²) in [6, 6.07) is 3.08. The molecule has 18 heavy (non-hydrogen) atoms. The Bertz CT molecular complexity index is 579. The largest absolute Gasteiger partial charge is 0.480 e. The number of carbonyl (C=O) groups is 1. The Balaban J connectivity index is 2.04. The number of aromatic nitrogens is 4. The van der Waals surface area contributed by atoms with E-state index in [-0.39, 0.29) is 0 Å². The third kappa shape index (κ3) is 1.75. The first-order chi connectivity index (χ1) is 8.75. The molecule has 1 N–H and O–H groups in total. The Kier molecular flexibility index (Phi) is 2.55. The summed E-state index contributed by atoms with van der Waals surface area (Å²) in [4.78, 5) is 19.6. The average Bonchev–Trinajstić information content (AvgIpc) is 2.83. The minimum atomic E-state index is -0.849. The quantitative estimate of drug-likeness (QED) is 0.861. The van der Waals surface area contributed by atoms with Crippen LogP contribution in [0.25, 0.3) is 11.4 Å². The standard InChI is InChI=1S/C12H12N4O2/c17-12(18)9-4-1-5-10-14-11(15-16(9)10)8-3-2-6-13-7-8/h2-3,6-7,9H,1,4-5H2,(H,17,18). The SMILES string of the molecule is O=C(O)C1CCCc2nc(-c3cccnc3)nn21. The number of hydrogen-bond donors (Lipinski definition) is 1. The van der Waals surface area contributed by atoms with Crippen molar-refractivity contribution in [3.8, 4) is 11.4 Å². The number of aliphatic carboxylic acids is 1. The molecule has 1 unspecified atom stereocenters. The fourth-order valence-electron chi connectivity index (χ4n) is 2.20. The second-order valence-corrected chi connectivity index (χ2v) is 4.28. The van der Waals surface area contributed by atoms with E-state index in [0.717, 1.165) is 24.2 Å². The van der Waals surface area contributed by atoms with Crippen molar-refractivity contribution in [2.75, 3.05) is 0 Å². The average molecular weight is 244 g/mol. The van der Waals surface area contributed by atoms with Gasteiger partial charge in [-0.1, -0.05) is 0 Å². The number of aryl methyl sites for hydroxylation is 1. The van der Waals surface area contributed by atoms with Gasteiger partial charge in [-0.3, -0.25) is 4.98 Å². The van der Waals surface area contributed by atoms with E-state index < -0.39 is 12.0 Å². The molecule has 0 bridgehead atoms. The van der Waals surface area contributed by atoms with E-state index in [1.807, 2.05) is 12.1 Å². The summed E-state index contributed by atoms with van der Waals surface area (Å²) in [7, 11) is 0. The van der Waals surface area contributed by atoms with Gasteiger partial charge in [-0.05, 0) is 25.0 Å². The predicted octanol–water partition coefficient (Wildman–Crippen LogP) is 1.30. The van der Waals surface area contributed by atoms with Crippen molar-refractivity contribution in [1.82, 2.24) is 19.7 Å². The number of fused-ring (bicyclic) bond motifs is 1. The van der Waals surface area contributed by atoms with Gasteiger partial charge in [-0.2, -0.15) is 0 Å². The first-order valence-electron chi connectivity index (χ1n) is 5.84. The van der Waals surface area contributed by atoms with Crippen LogP contribution in [0.3, 0.4) is 0 Å². The van der Waals surface area contributed by atoms with Crippen molar-refractivity contribution in [3.05, 3.63) is 30.4 Å². The molecule has 0 aliphatic carbocycles. The molecule has 1 aliphatic heterocycles. The van der Waals surface area contributed by atoms with Crippen LogP contribution in [0.2, 0.25) is 0 Å². The van der Waals surface area contributed by atoms with Crippen LogP contribution in [-0.2, 0) is 11.2 Å². The summed E-state index contributed by atoms with van der Waals surface area (Å²) in [5.74, 6) is 0.442. The highest BCUT2D eigenvalue weighted by Crippen LogP contribution is 2.25. The Morgan fingerprint density at radius 3 is 3.11 bits per heavy atom. The molecule has 0 spiro atoms. The van der Waals surface area contributed by atoms with Crippen LogP contribution in [0, 0.1) is 0 Å². The summed E-state index contributed by atoms with van der Waals surface area (Å²) < 4.78 is 1.54. The maximum atomic E-state index is 11.2. The first kappa shape index (κ1) is 10.9. The molecule has 0 fully saturated rings. The molecule has 0 amide bonds. The third-order valence-corrected chi connectivity index (χ3v) is 3.08. The van der Waals surface area contributed by atoms with Crippen molar-refractivity contribution in [3.63, 3.8) is 0 Å². The van der Waals surface area contributed by atoms with Gasteiger partial charge in [-0.25, -0.2) is 14.5 Å². The lowest BCUT2D eigenvalue weighted by molar-refractivity contribution is -0.141. The second-order valence-electron chi connectivity index (χ2n) is 4.28. The van der Waals surface area contributed by atoms with Gasteiger partial charge in [0.15, 0.2) is 11.9 Å². The zero-order valence-electron chi connectivity index (χ0n) is 9.65. The molecule has 92 valence electrons. The summed E-state index contributed by atoms with van der Waals surface area (Å²) in [6.07, 6.45) is 5.58. The van der Waals surface area contributed by atoms with E-state index in [9.17, 15) is 4.79 Å². The van der Waals surface area contributed by atoms with Crippen LogP contribution in [0.5, 0.6) is 0 Å². The second kappa shape index (κ2) is 4.21. The smallest absolute Gasteiger partial charge is 0.328 e. The number of hydrogen-bond acceptors (Lipinski definition) is 4. The molecule has 6 nitrogen and oxygen atoms in total. The zero-order valence-corrected chi connectivity index (χ0v) is 9.65.